The van der Waals surface area contributed by atoms with Crippen molar-refractivity contribution >= 4 is 22.5 Å². The molecule has 0 bridgehead atoms. The first-order valence-electron chi connectivity index (χ1n) is 9.09. The van der Waals surface area contributed by atoms with E-state index in [0.29, 0.717) is 37.0 Å². The largest absolute Gasteiger partial charge is 0.333 e. The Labute approximate surface area is 156 Å². The zero-order valence-electron chi connectivity index (χ0n) is 15.1. The third kappa shape index (κ3) is 3.14. The number of para-hydroxylation sites is 1. The maximum atomic E-state index is 12.6. The molecule has 0 atom stereocenters. The van der Waals surface area contributed by atoms with Crippen LogP contribution >= 0.6 is 0 Å². The summed E-state index contributed by atoms with van der Waals surface area (Å²) in [5.74, 6) is 0.680. The van der Waals surface area contributed by atoms with Crippen LogP contribution in [0.15, 0.2) is 59.5 Å². The van der Waals surface area contributed by atoms with Gasteiger partial charge in [-0.1, -0.05) is 25.1 Å². The molecule has 0 saturated heterocycles. The average molecular weight is 360 g/mol. The lowest BCUT2D eigenvalue weighted by Gasteiger charge is -2.28. The van der Waals surface area contributed by atoms with Gasteiger partial charge in [-0.25, -0.2) is 0 Å². The summed E-state index contributed by atoms with van der Waals surface area (Å²) in [6, 6.07) is 12.9. The Kier molecular flexibility index (Phi) is 4.54. The molecule has 136 valence electrons. The molecule has 1 amide bonds. The highest BCUT2D eigenvalue weighted by Gasteiger charge is 2.22. The maximum Gasteiger partial charge on any atom is 0.280 e. The lowest BCUT2D eigenvalue weighted by molar-refractivity contribution is 0.0766. The molecule has 4 rings (SSSR count). The molecule has 1 aliphatic rings. The summed E-state index contributed by atoms with van der Waals surface area (Å²) in [5, 5.41) is 0.614. The Morgan fingerprint density at radius 3 is 2.67 bits per heavy atom. The van der Waals surface area contributed by atoms with Crippen molar-refractivity contribution in [2.75, 3.05) is 13.1 Å². The third-order valence-corrected chi connectivity index (χ3v) is 4.82. The zero-order chi connectivity index (χ0) is 18.8. The minimum absolute atomic E-state index is 0.0653. The summed E-state index contributed by atoms with van der Waals surface area (Å²) < 4.78 is 2.07. The van der Waals surface area contributed by atoms with E-state index in [1.54, 1.807) is 29.3 Å². The summed E-state index contributed by atoms with van der Waals surface area (Å²) in [7, 11) is 0. The number of aryl methyl sites for hydroxylation is 1. The minimum Gasteiger partial charge on any atom is -0.333 e. The van der Waals surface area contributed by atoms with Crippen molar-refractivity contribution in [2.45, 2.75) is 19.8 Å². The van der Waals surface area contributed by atoms with Gasteiger partial charge >= 0.3 is 0 Å². The molecule has 0 unspecified atom stereocenters. The molecule has 6 nitrogen and oxygen atoms in total. The van der Waals surface area contributed by atoms with Crippen LogP contribution in [0.1, 0.15) is 29.7 Å². The monoisotopic (exact) mass is 360 g/mol. The van der Waals surface area contributed by atoms with Gasteiger partial charge in [-0.2, -0.15) is 4.98 Å². The molecule has 0 fully saturated rings. The van der Waals surface area contributed by atoms with E-state index in [-0.39, 0.29) is 11.5 Å². The first kappa shape index (κ1) is 17.1. The van der Waals surface area contributed by atoms with Crippen molar-refractivity contribution in [3.63, 3.8) is 0 Å². The fraction of sp³-hybridized carbons (Fsp3) is 0.238. The quantitative estimate of drug-likeness (QED) is 0.720. The van der Waals surface area contributed by atoms with Crippen molar-refractivity contribution in [1.29, 1.82) is 0 Å². The van der Waals surface area contributed by atoms with Crippen LogP contribution in [0.3, 0.4) is 0 Å². The van der Waals surface area contributed by atoms with Crippen LogP contribution in [0.25, 0.3) is 16.6 Å². The number of benzene rings is 1. The van der Waals surface area contributed by atoms with Crippen molar-refractivity contribution < 1.29 is 4.79 Å². The maximum absolute atomic E-state index is 12.6. The first-order valence-corrected chi connectivity index (χ1v) is 9.09. The van der Waals surface area contributed by atoms with E-state index >= 15 is 0 Å². The third-order valence-electron chi connectivity index (χ3n) is 4.82. The fourth-order valence-electron chi connectivity index (χ4n) is 3.47. The number of rotatable bonds is 3. The van der Waals surface area contributed by atoms with Gasteiger partial charge in [-0.05, 0) is 30.3 Å². The smallest absolute Gasteiger partial charge is 0.280 e. The summed E-state index contributed by atoms with van der Waals surface area (Å²) in [6.45, 7) is 3.10. The molecule has 0 radical (unpaired) electrons. The summed E-state index contributed by atoms with van der Waals surface area (Å²) in [4.78, 5) is 35.1. The van der Waals surface area contributed by atoms with E-state index in [1.165, 1.54) is 0 Å². The fourth-order valence-corrected chi connectivity index (χ4v) is 3.47. The van der Waals surface area contributed by atoms with E-state index in [1.807, 2.05) is 37.3 Å². The van der Waals surface area contributed by atoms with Crippen LogP contribution in [0, 0.1) is 0 Å². The lowest BCUT2D eigenvalue weighted by atomic mass is 10.1. The first-order chi connectivity index (χ1) is 13.2. The normalized spacial score (nSPS) is 14.3. The summed E-state index contributed by atoms with van der Waals surface area (Å²) in [6.07, 6.45) is 5.03. The zero-order valence-corrected chi connectivity index (χ0v) is 15.1. The number of carbonyl (C=O) groups excluding carboxylic acids is 1. The number of carbonyl (C=O) groups is 1. The topological polar surface area (TPSA) is 68.1 Å². The Morgan fingerprint density at radius 1 is 1.15 bits per heavy atom. The SMILES string of the molecule is CCc1nc(=O)c2ccccc2n1C1=CCN(C(=O)c2ccccn2)CC1. The van der Waals surface area contributed by atoms with Crippen LogP contribution in [0.4, 0.5) is 0 Å². The van der Waals surface area contributed by atoms with Crippen LogP contribution in [-0.4, -0.2) is 38.4 Å². The van der Waals surface area contributed by atoms with E-state index in [0.717, 1.165) is 17.0 Å². The van der Waals surface area contributed by atoms with Crippen molar-refractivity contribution in [3.05, 3.63) is 76.6 Å². The molecule has 3 heterocycles. The van der Waals surface area contributed by atoms with Crippen LogP contribution < -0.4 is 5.56 Å². The molecule has 0 N–H and O–H groups in total. The number of nitrogens with zero attached hydrogens (tertiary/aromatic N) is 4. The highest BCUT2D eigenvalue weighted by atomic mass is 16.2. The highest BCUT2D eigenvalue weighted by Crippen LogP contribution is 2.23. The van der Waals surface area contributed by atoms with Gasteiger partial charge in [0.05, 0.1) is 10.9 Å². The van der Waals surface area contributed by atoms with E-state index < -0.39 is 0 Å². The second kappa shape index (κ2) is 7.15. The second-order valence-corrected chi connectivity index (χ2v) is 6.45. The molecule has 6 heteroatoms. The van der Waals surface area contributed by atoms with Gasteiger partial charge in [0.1, 0.15) is 11.5 Å². The van der Waals surface area contributed by atoms with E-state index in [4.69, 9.17) is 0 Å². The van der Waals surface area contributed by atoms with Gasteiger partial charge in [0.15, 0.2) is 0 Å². The molecular formula is C21H20N4O2. The molecule has 27 heavy (non-hydrogen) atoms. The van der Waals surface area contributed by atoms with Gasteiger partial charge in [0, 0.05) is 37.8 Å². The average Bonchev–Trinajstić information content (AvgIpc) is 2.74. The Balaban J connectivity index is 1.70. The molecule has 2 aromatic heterocycles. The van der Waals surface area contributed by atoms with Crippen LogP contribution in [-0.2, 0) is 6.42 Å². The Morgan fingerprint density at radius 2 is 1.96 bits per heavy atom. The predicted molar refractivity (Wildman–Crippen MR) is 104 cm³/mol. The van der Waals surface area contributed by atoms with Crippen molar-refractivity contribution in [2.24, 2.45) is 0 Å². The van der Waals surface area contributed by atoms with Crippen LogP contribution in [0.2, 0.25) is 0 Å². The van der Waals surface area contributed by atoms with E-state index in [9.17, 15) is 9.59 Å². The lowest BCUT2D eigenvalue weighted by Crippen LogP contribution is -2.36. The van der Waals surface area contributed by atoms with E-state index in [2.05, 4.69) is 14.5 Å². The second-order valence-electron chi connectivity index (χ2n) is 6.45. The van der Waals surface area contributed by atoms with Gasteiger partial charge in [0.2, 0.25) is 0 Å². The molecule has 1 aliphatic heterocycles. The van der Waals surface area contributed by atoms with Gasteiger partial charge in [0.25, 0.3) is 11.5 Å². The van der Waals surface area contributed by atoms with Crippen LogP contribution in [0.5, 0.6) is 0 Å². The predicted octanol–water partition coefficient (Wildman–Crippen LogP) is 2.74. The van der Waals surface area contributed by atoms with Gasteiger partial charge < -0.3 is 9.47 Å². The number of amides is 1. The number of fused-ring (bicyclic) bond motifs is 1. The molecule has 0 saturated carbocycles. The number of pyridine rings is 1. The van der Waals surface area contributed by atoms with Crippen molar-refractivity contribution in [1.82, 2.24) is 19.4 Å². The molecule has 0 spiro atoms. The van der Waals surface area contributed by atoms with Gasteiger partial charge in [-0.15, -0.1) is 0 Å². The van der Waals surface area contributed by atoms with Crippen molar-refractivity contribution in [3.8, 4) is 0 Å². The highest BCUT2D eigenvalue weighted by molar-refractivity contribution is 5.92. The number of aromatic nitrogens is 3. The standard InChI is InChI=1S/C21H20N4O2/c1-2-19-23-20(26)16-7-3-4-9-18(16)25(19)15-10-13-24(14-11-15)21(27)17-8-5-6-12-22-17/h3-10,12H,2,11,13-14H2,1H3. The Bertz CT molecular complexity index is 1090. The summed E-state index contributed by atoms with van der Waals surface area (Å²) in [5.41, 5.74) is 2.20. The minimum atomic E-state index is -0.193. The summed E-state index contributed by atoms with van der Waals surface area (Å²) >= 11 is 0. The van der Waals surface area contributed by atoms with Gasteiger partial charge in [-0.3, -0.25) is 14.6 Å². The molecular weight excluding hydrogens is 340 g/mol. The molecule has 3 aromatic rings. The molecule has 0 aliphatic carbocycles. The molecule has 1 aromatic carbocycles. The Hall–Kier alpha value is -3.28. The number of hydrogen-bond donors (Lipinski definition) is 0. The number of hydrogen-bond acceptors (Lipinski definition) is 4.